The van der Waals surface area contributed by atoms with Crippen molar-refractivity contribution in [3.8, 4) is 5.75 Å². The number of carbonyl (C=O) groups excluding carboxylic acids is 1. The Bertz CT molecular complexity index is 676. The van der Waals surface area contributed by atoms with Crippen LogP contribution >= 0.6 is 0 Å². The van der Waals surface area contributed by atoms with E-state index in [1.807, 2.05) is 18.2 Å². The zero-order chi connectivity index (χ0) is 15.5. The van der Waals surface area contributed by atoms with Crippen molar-refractivity contribution in [3.63, 3.8) is 0 Å². The summed E-state index contributed by atoms with van der Waals surface area (Å²) in [5.41, 5.74) is 1.17. The maximum Gasteiger partial charge on any atom is 0.223 e. The Labute approximate surface area is 131 Å². The second kappa shape index (κ2) is 6.39. The van der Waals surface area contributed by atoms with Crippen LogP contribution in [0.4, 0.5) is 0 Å². The molecule has 1 aliphatic carbocycles. The summed E-state index contributed by atoms with van der Waals surface area (Å²) in [6, 6.07) is 12.5. The number of hydrogen-bond acceptors (Lipinski definition) is 2. The molecule has 3 rings (SSSR count). The number of amides is 1. The highest BCUT2D eigenvalue weighted by Crippen LogP contribution is 2.30. The van der Waals surface area contributed by atoms with Gasteiger partial charge in [0, 0.05) is 17.5 Å². The highest BCUT2D eigenvalue weighted by molar-refractivity contribution is 5.88. The summed E-state index contributed by atoms with van der Waals surface area (Å²) in [6.45, 7) is 2.07. The van der Waals surface area contributed by atoms with E-state index in [4.69, 9.17) is 4.74 Å². The molecule has 0 bridgehead atoms. The van der Waals surface area contributed by atoms with Crippen molar-refractivity contribution in [2.75, 3.05) is 7.11 Å². The summed E-state index contributed by atoms with van der Waals surface area (Å²) >= 11 is 0. The first-order chi connectivity index (χ1) is 10.7. The molecule has 0 aromatic heterocycles. The first-order valence-electron chi connectivity index (χ1n) is 8.04. The number of benzene rings is 2. The summed E-state index contributed by atoms with van der Waals surface area (Å²) in [4.78, 5) is 12.1. The van der Waals surface area contributed by atoms with Gasteiger partial charge in [-0.05, 0) is 43.0 Å². The van der Waals surface area contributed by atoms with Crippen LogP contribution in [-0.4, -0.2) is 19.1 Å². The normalized spacial score (nSPS) is 16.1. The number of carbonyl (C=O) groups is 1. The monoisotopic (exact) mass is 297 g/mol. The quantitative estimate of drug-likeness (QED) is 0.914. The third-order valence-electron chi connectivity index (χ3n) is 4.59. The molecule has 1 fully saturated rings. The van der Waals surface area contributed by atoms with Gasteiger partial charge < -0.3 is 10.1 Å². The molecule has 1 unspecified atom stereocenters. The molecule has 1 atom stereocenters. The molecule has 22 heavy (non-hydrogen) atoms. The summed E-state index contributed by atoms with van der Waals surface area (Å²) in [5, 5.41) is 5.56. The van der Waals surface area contributed by atoms with Crippen LogP contribution in [0.1, 0.15) is 31.7 Å². The summed E-state index contributed by atoms with van der Waals surface area (Å²) in [7, 11) is 1.70. The van der Waals surface area contributed by atoms with Crippen LogP contribution in [-0.2, 0) is 11.2 Å². The van der Waals surface area contributed by atoms with E-state index in [0.29, 0.717) is 0 Å². The molecule has 116 valence electrons. The number of nitrogens with one attached hydrogen (secondary N) is 1. The Kier molecular flexibility index (Phi) is 4.32. The Balaban J connectivity index is 1.80. The van der Waals surface area contributed by atoms with Gasteiger partial charge in [-0.3, -0.25) is 4.79 Å². The highest BCUT2D eigenvalue weighted by Gasteiger charge is 2.26. The standard InChI is InChI=1S/C19H23NO2/c1-13(20-19(21)15-7-5-8-15)12-17-16-9-4-3-6-14(16)10-11-18(17)22-2/h3-4,6,9-11,13,15H,5,7-8,12H2,1-2H3,(H,20,21). The van der Waals surface area contributed by atoms with Crippen LogP contribution in [0.5, 0.6) is 5.75 Å². The topological polar surface area (TPSA) is 38.3 Å². The molecule has 1 aliphatic rings. The zero-order valence-corrected chi connectivity index (χ0v) is 13.3. The van der Waals surface area contributed by atoms with Crippen molar-refractivity contribution in [2.24, 2.45) is 5.92 Å². The number of fused-ring (bicyclic) bond motifs is 1. The molecule has 2 aromatic rings. The molecule has 0 saturated heterocycles. The molecule has 1 N–H and O–H groups in total. The average molecular weight is 297 g/mol. The number of methoxy groups -OCH3 is 1. The maximum absolute atomic E-state index is 12.1. The predicted octanol–water partition coefficient (Wildman–Crippen LogP) is 3.70. The van der Waals surface area contributed by atoms with E-state index in [0.717, 1.165) is 25.0 Å². The molecule has 1 amide bonds. The van der Waals surface area contributed by atoms with Gasteiger partial charge in [-0.2, -0.15) is 0 Å². The van der Waals surface area contributed by atoms with Crippen molar-refractivity contribution in [3.05, 3.63) is 42.0 Å². The molecule has 2 aromatic carbocycles. The minimum Gasteiger partial charge on any atom is -0.496 e. The summed E-state index contributed by atoms with van der Waals surface area (Å²) in [6.07, 6.45) is 4.04. The van der Waals surface area contributed by atoms with Gasteiger partial charge in [0.05, 0.1) is 7.11 Å². The van der Waals surface area contributed by atoms with Crippen molar-refractivity contribution < 1.29 is 9.53 Å². The molecule has 0 aliphatic heterocycles. The van der Waals surface area contributed by atoms with E-state index < -0.39 is 0 Å². The smallest absolute Gasteiger partial charge is 0.223 e. The van der Waals surface area contributed by atoms with Crippen LogP contribution in [0.25, 0.3) is 10.8 Å². The van der Waals surface area contributed by atoms with E-state index in [1.165, 1.54) is 22.8 Å². The number of ether oxygens (including phenoxy) is 1. The third kappa shape index (κ3) is 2.94. The van der Waals surface area contributed by atoms with E-state index in [-0.39, 0.29) is 17.9 Å². The van der Waals surface area contributed by atoms with Crippen LogP contribution in [0.15, 0.2) is 36.4 Å². The fraction of sp³-hybridized carbons (Fsp3) is 0.421. The first kappa shape index (κ1) is 14.9. The van der Waals surface area contributed by atoms with E-state index in [9.17, 15) is 4.79 Å². The fourth-order valence-electron chi connectivity index (χ4n) is 3.11. The van der Waals surface area contributed by atoms with Crippen LogP contribution in [0, 0.1) is 5.92 Å². The molecule has 3 nitrogen and oxygen atoms in total. The van der Waals surface area contributed by atoms with Crippen molar-refractivity contribution >= 4 is 16.7 Å². The Hall–Kier alpha value is -2.03. The van der Waals surface area contributed by atoms with Crippen molar-refractivity contribution in [2.45, 2.75) is 38.6 Å². The molecule has 3 heteroatoms. The summed E-state index contributed by atoms with van der Waals surface area (Å²) in [5.74, 6) is 1.33. The number of rotatable bonds is 5. The van der Waals surface area contributed by atoms with Crippen LogP contribution in [0.2, 0.25) is 0 Å². The lowest BCUT2D eigenvalue weighted by Gasteiger charge is -2.26. The van der Waals surface area contributed by atoms with Gasteiger partial charge in [-0.25, -0.2) is 0 Å². The average Bonchev–Trinajstić information content (AvgIpc) is 2.45. The second-order valence-corrected chi connectivity index (χ2v) is 6.21. The van der Waals surface area contributed by atoms with E-state index >= 15 is 0 Å². The van der Waals surface area contributed by atoms with Gasteiger partial charge in [-0.1, -0.05) is 36.8 Å². The molecular weight excluding hydrogens is 274 g/mol. The van der Waals surface area contributed by atoms with Crippen LogP contribution < -0.4 is 10.1 Å². The largest absolute Gasteiger partial charge is 0.496 e. The molecule has 1 saturated carbocycles. The van der Waals surface area contributed by atoms with E-state index in [2.05, 4.69) is 30.4 Å². The van der Waals surface area contributed by atoms with Gasteiger partial charge in [0.2, 0.25) is 5.91 Å². The van der Waals surface area contributed by atoms with Gasteiger partial charge in [-0.15, -0.1) is 0 Å². The van der Waals surface area contributed by atoms with Gasteiger partial charge in [0.1, 0.15) is 5.75 Å². The Morgan fingerprint density at radius 2 is 2.05 bits per heavy atom. The third-order valence-corrected chi connectivity index (χ3v) is 4.59. The molecule has 0 heterocycles. The number of hydrogen-bond donors (Lipinski definition) is 1. The second-order valence-electron chi connectivity index (χ2n) is 6.21. The Morgan fingerprint density at radius 3 is 2.73 bits per heavy atom. The van der Waals surface area contributed by atoms with E-state index in [1.54, 1.807) is 7.11 Å². The minimum atomic E-state index is 0.104. The van der Waals surface area contributed by atoms with Gasteiger partial charge in [0.15, 0.2) is 0 Å². The Morgan fingerprint density at radius 1 is 1.27 bits per heavy atom. The summed E-state index contributed by atoms with van der Waals surface area (Å²) < 4.78 is 5.53. The minimum absolute atomic E-state index is 0.104. The van der Waals surface area contributed by atoms with Crippen molar-refractivity contribution in [1.82, 2.24) is 5.32 Å². The predicted molar refractivity (Wildman–Crippen MR) is 89.1 cm³/mol. The van der Waals surface area contributed by atoms with Crippen LogP contribution in [0.3, 0.4) is 0 Å². The SMILES string of the molecule is COc1ccc2ccccc2c1CC(C)NC(=O)C1CCC1. The zero-order valence-electron chi connectivity index (χ0n) is 13.3. The van der Waals surface area contributed by atoms with Crippen molar-refractivity contribution in [1.29, 1.82) is 0 Å². The van der Waals surface area contributed by atoms with Gasteiger partial charge in [0.25, 0.3) is 0 Å². The maximum atomic E-state index is 12.1. The lowest BCUT2D eigenvalue weighted by molar-refractivity contribution is -0.128. The highest BCUT2D eigenvalue weighted by atomic mass is 16.5. The lowest BCUT2D eigenvalue weighted by Crippen LogP contribution is -2.40. The molecule has 0 radical (unpaired) electrons. The lowest BCUT2D eigenvalue weighted by atomic mass is 9.84. The molecule has 0 spiro atoms. The molecular formula is C19H23NO2. The fourth-order valence-corrected chi connectivity index (χ4v) is 3.11. The van der Waals surface area contributed by atoms with Gasteiger partial charge >= 0.3 is 0 Å². The first-order valence-corrected chi connectivity index (χ1v) is 8.04.